The third-order valence-corrected chi connectivity index (χ3v) is 5.26. The van der Waals surface area contributed by atoms with Crippen molar-refractivity contribution in [3.05, 3.63) is 45.9 Å². The standard InChI is InChI=1S/C18H20ClN3O2S/c19-13-9-7-12(8-10-13)16(23)22-18-21-15(11-25-18)17(24)20-14-5-3-1-2-4-6-14/h7-11,14H,1-6H2,(H,20,24)(H,21,22,23). The summed E-state index contributed by atoms with van der Waals surface area (Å²) in [5.41, 5.74) is 0.838. The van der Waals surface area contributed by atoms with Crippen molar-refractivity contribution in [3.63, 3.8) is 0 Å². The summed E-state index contributed by atoms with van der Waals surface area (Å²) >= 11 is 7.06. The van der Waals surface area contributed by atoms with Crippen LogP contribution in [-0.2, 0) is 0 Å². The molecular formula is C18H20ClN3O2S. The molecule has 2 N–H and O–H groups in total. The third kappa shape index (κ3) is 5.03. The molecule has 1 aromatic carbocycles. The molecule has 3 rings (SSSR count). The molecule has 0 saturated heterocycles. The second-order valence-electron chi connectivity index (χ2n) is 6.16. The Labute approximate surface area is 155 Å². The summed E-state index contributed by atoms with van der Waals surface area (Å²) in [5.74, 6) is -0.447. The van der Waals surface area contributed by atoms with Crippen LogP contribution < -0.4 is 10.6 Å². The molecular weight excluding hydrogens is 358 g/mol. The zero-order chi connectivity index (χ0) is 17.6. The summed E-state index contributed by atoms with van der Waals surface area (Å²) in [6.45, 7) is 0. The summed E-state index contributed by atoms with van der Waals surface area (Å²) in [6, 6.07) is 6.83. The van der Waals surface area contributed by atoms with Gasteiger partial charge < -0.3 is 5.32 Å². The van der Waals surface area contributed by atoms with Crippen molar-refractivity contribution in [3.8, 4) is 0 Å². The summed E-state index contributed by atoms with van der Waals surface area (Å²) < 4.78 is 0. The summed E-state index contributed by atoms with van der Waals surface area (Å²) in [4.78, 5) is 28.7. The Hall–Kier alpha value is -1.92. The number of nitrogens with zero attached hydrogens (tertiary/aromatic N) is 1. The molecule has 1 aromatic heterocycles. The topological polar surface area (TPSA) is 71.1 Å². The van der Waals surface area contributed by atoms with E-state index in [9.17, 15) is 9.59 Å². The van der Waals surface area contributed by atoms with Gasteiger partial charge in [-0.3, -0.25) is 14.9 Å². The van der Waals surface area contributed by atoms with Gasteiger partial charge in [0.05, 0.1) is 0 Å². The molecule has 1 saturated carbocycles. The number of thiazole rings is 1. The van der Waals surface area contributed by atoms with E-state index in [4.69, 9.17) is 11.6 Å². The smallest absolute Gasteiger partial charge is 0.271 e. The van der Waals surface area contributed by atoms with Gasteiger partial charge in [0.15, 0.2) is 5.13 Å². The predicted octanol–water partition coefficient (Wildman–Crippen LogP) is 4.50. The number of hydrogen-bond donors (Lipinski definition) is 2. The molecule has 25 heavy (non-hydrogen) atoms. The van der Waals surface area contributed by atoms with Crippen LogP contribution >= 0.6 is 22.9 Å². The lowest BCUT2D eigenvalue weighted by atomic mass is 10.1. The first kappa shape index (κ1) is 17.9. The molecule has 0 atom stereocenters. The average Bonchev–Trinajstić information content (AvgIpc) is 2.91. The van der Waals surface area contributed by atoms with Gasteiger partial charge in [-0.2, -0.15) is 0 Å². The zero-order valence-corrected chi connectivity index (χ0v) is 15.3. The van der Waals surface area contributed by atoms with Crippen LogP contribution in [-0.4, -0.2) is 22.8 Å². The highest BCUT2D eigenvalue weighted by atomic mass is 35.5. The van der Waals surface area contributed by atoms with Crippen molar-refractivity contribution in [1.82, 2.24) is 10.3 Å². The predicted molar refractivity (Wildman–Crippen MR) is 100 cm³/mol. The Bertz CT molecular complexity index is 737. The molecule has 1 fully saturated rings. The Morgan fingerprint density at radius 2 is 1.72 bits per heavy atom. The van der Waals surface area contributed by atoms with Crippen LogP contribution in [0.5, 0.6) is 0 Å². The Morgan fingerprint density at radius 1 is 1.04 bits per heavy atom. The lowest BCUT2D eigenvalue weighted by Gasteiger charge is -2.15. The van der Waals surface area contributed by atoms with Crippen molar-refractivity contribution in [1.29, 1.82) is 0 Å². The van der Waals surface area contributed by atoms with E-state index in [0.29, 0.717) is 21.4 Å². The van der Waals surface area contributed by atoms with Gasteiger partial charge >= 0.3 is 0 Å². The number of rotatable bonds is 4. The van der Waals surface area contributed by atoms with Crippen molar-refractivity contribution < 1.29 is 9.59 Å². The number of carbonyl (C=O) groups is 2. The zero-order valence-electron chi connectivity index (χ0n) is 13.8. The molecule has 7 heteroatoms. The lowest BCUT2D eigenvalue weighted by Crippen LogP contribution is -2.34. The minimum absolute atomic E-state index is 0.171. The van der Waals surface area contributed by atoms with Crippen molar-refractivity contribution in [2.75, 3.05) is 5.32 Å². The van der Waals surface area contributed by atoms with E-state index in [2.05, 4.69) is 15.6 Å². The number of nitrogens with one attached hydrogen (secondary N) is 2. The lowest BCUT2D eigenvalue weighted by molar-refractivity contribution is 0.0927. The number of amides is 2. The van der Waals surface area contributed by atoms with Gasteiger partial charge in [0.2, 0.25) is 0 Å². The SMILES string of the molecule is O=C(Nc1nc(C(=O)NC2CCCCCC2)cs1)c1ccc(Cl)cc1. The number of aromatic nitrogens is 1. The molecule has 0 unspecified atom stereocenters. The number of hydrogen-bond acceptors (Lipinski definition) is 4. The van der Waals surface area contributed by atoms with Gasteiger partial charge in [-0.15, -0.1) is 11.3 Å². The van der Waals surface area contributed by atoms with Gasteiger partial charge in [0.1, 0.15) is 5.69 Å². The summed E-state index contributed by atoms with van der Waals surface area (Å²) in [5, 5.41) is 8.42. The number of halogens is 1. The highest BCUT2D eigenvalue weighted by Gasteiger charge is 2.18. The molecule has 1 aliphatic rings. The fourth-order valence-electron chi connectivity index (χ4n) is 2.89. The monoisotopic (exact) mass is 377 g/mol. The number of benzene rings is 1. The highest BCUT2D eigenvalue weighted by Crippen LogP contribution is 2.20. The largest absolute Gasteiger partial charge is 0.348 e. The molecule has 2 amide bonds. The van der Waals surface area contributed by atoms with E-state index in [1.165, 1.54) is 24.2 Å². The van der Waals surface area contributed by atoms with Crippen LogP contribution in [0.25, 0.3) is 0 Å². The van der Waals surface area contributed by atoms with E-state index < -0.39 is 0 Å². The van der Waals surface area contributed by atoms with Crippen molar-refractivity contribution in [2.45, 2.75) is 44.6 Å². The second kappa shape index (κ2) is 8.45. The normalized spacial score (nSPS) is 15.4. The van der Waals surface area contributed by atoms with E-state index >= 15 is 0 Å². The fraction of sp³-hybridized carbons (Fsp3) is 0.389. The molecule has 0 bridgehead atoms. The maximum atomic E-state index is 12.3. The first-order valence-corrected chi connectivity index (χ1v) is 9.71. The quantitative estimate of drug-likeness (QED) is 0.770. The van der Waals surface area contributed by atoms with E-state index in [-0.39, 0.29) is 17.9 Å². The fourth-order valence-corrected chi connectivity index (χ4v) is 3.70. The van der Waals surface area contributed by atoms with E-state index in [0.717, 1.165) is 25.7 Å². The summed E-state index contributed by atoms with van der Waals surface area (Å²) in [6.07, 6.45) is 6.84. The number of anilines is 1. The molecule has 2 aromatic rings. The first-order valence-electron chi connectivity index (χ1n) is 8.45. The van der Waals surface area contributed by atoms with Gasteiger partial charge in [-0.25, -0.2) is 4.98 Å². The van der Waals surface area contributed by atoms with Gasteiger partial charge in [0, 0.05) is 22.0 Å². The number of carbonyl (C=O) groups excluding carboxylic acids is 2. The minimum atomic E-state index is -0.276. The van der Waals surface area contributed by atoms with Gasteiger partial charge in [0.25, 0.3) is 11.8 Å². The van der Waals surface area contributed by atoms with Gasteiger partial charge in [-0.05, 0) is 37.1 Å². The van der Waals surface area contributed by atoms with Crippen LogP contribution in [0, 0.1) is 0 Å². The van der Waals surface area contributed by atoms with E-state index in [1.54, 1.807) is 29.6 Å². The van der Waals surface area contributed by atoms with Crippen LogP contribution in [0.1, 0.15) is 59.4 Å². The van der Waals surface area contributed by atoms with E-state index in [1.807, 2.05) is 0 Å². The Balaban J connectivity index is 1.58. The highest BCUT2D eigenvalue weighted by molar-refractivity contribution is 7.14. The maximum absolute atomic E-state index is 12.3. The molecule has 0 aliphatic heterocycles. The Kier molecular flexibility index (Phi) is 6.04. The Morgan fingerprint density at radius 3 is 2.40 bits per heavy atom. The first-order chi connectivity index (χ1) is 12.1. The average molecular weight is 378 g/mol. The molecule has 0 radical (unpaired) electrons. The van der Waals surface area contributed by atoms with Crippen molar-refractivity contribution >= 4 is 39.9 Å². The van der Waals surface area contributed by atoms with Crippen molar-refractivity contribution in [2.24, 2.45) is 0 Å². The molecule has 5 nitrogen and oxygen atoms in total. The van der Waals surface area contributed by atoms with Crippen LogP contribution in [0.4, 0.5) is 5.13 Å². The second-order valence-corrected chi connectivity index (χ2v) is 7.46. The van der Waals surface area contributed by atoms with Crippen LogP contribution in [0.15, 0.2) is 29.6 Å². The molecule has 1 heterocycles. The summed E-state index contributed by atoms with van der Waals surface area (Å²) in [7, 11) is 0. The van der Waals surface area contributed by atoms with Gasteiger partial charge in [-0.1, -0.05) is 37.3 Å². The van der Waals surface area contributed by atoms with Crippen LogP contribution in [0.3, 0.4) is 0 Å². The van der Waals surface area contributed by atoms with Crippen LogP contribution in [0.2, 0.25) is 5.02 Å². The molecule has 132 valence electrons. The third-order valence-electron chi connectivity index (χ3n) is 4.25. The minimum Gasteiger partial charge on any atom is -0.348 e. The molecule has 0 spiro atoms. The maximum Gasteiger partial charge on any atom is 0.271 e. The molecule has 1 aliphatic carbocycles.